The Morgan fingerprint density at radius 1 is 1.16 bits per heavy atom. The van der Waals surface area contributed by atoms with E-state index in [0.717, 1.165) is 5.56 Å². The average Bonchev–Trinajstić information content (AvgIpc) is 2.41. The van der Waals surface area contributed by atoms with Crippen LogP contribution in [0.4, 0.5) is 4.39 Å². The molecule has 4 heteroatoms. The van der Waals surface area contributed by atoms with E-state index >= 15 is 0 Å². The van der Waals surface area contributed by atoms with E-state index < -0.39 is 5.82 Å². The lowest BCUT2D eigenvalue weighted by Crippen LogP contribution is -2.14. The third kappa shape index (κ3) is 4.17. The Balaban J connectivity index is 1.92. The van der Waals surface area contributed by atoms with Crippen molar-refractivity contribution in [1.29, 1.82) is 0 Å². The van der Waals surface area contributed by atoms with Crippen LogP contribution < -0.4 is 4.74 Å². The number of ketones is 1. The van der Waals surface area contributed by atoms with Crippen molar-refractivity contribution in [3.63, 3.8) is 0 Å². The predicted molar refractivity (Wildman–Crippen MR) is 74.7 cm³/mol. The van der Waals surface area contributed by atoms with E-state index in [1.807, 2.05) is 30.3 Å². The van der Waals surface area contributed by atoms with E-state index in [9.17, 15) is 9.18 Å². The number of carbonyl (C=O) groups is 1. The number of hydrogen-bond acceptors (Lipinski definition) is 2. The van der Waals surface area contributed by atoms with Gasteiger partial charge in [-0.05, 0) is 33.6 Å². The van der Waals surface area contributed by atoms with Crippen molar-refractivity contribution in [2.75, 3.05) is 6.61 Å². The van der Waals surface area contributed by atoms with Gasteiger partial charge in [-0.3, -0.25) is 4.79 Å². The molecule has 0 N–H and O–H groups in total. The van der Waals surface area contributed by atoms with Crippen molar-refractivity contribution >= 4 is 21.7 Å². The molecule has 2 nitrogen and oxygen atoms in total. The maximum absolute atomic E-state index is 13.0. The SMILES string of the molecule is O=C(COc1cc(F)ccc1Br)Cc1ccccc1. The van der Waals surface area contributed by atoms with Crippen LogP contribution in [0.15, 0.2) is 53.0 Å². The highest BCUT2D eigenvalue weighted by molar-refractivity contribution is 9.10. The van der Waals surface area contributed by atoms with Crippen LogP contribution in [0.3, 0.4) is 0 Å². The second-order valence-electron chi connectivity index (χ2n) is 4.06. The molecule has 0 saturated carbocycles. The van der Waals surface area contributed by atoms with Gasteiger partial charge in [0, 0.05) is 12.5 Å². The van der Waals surface area contributed by atoms with Crippen LogP contribution >= 0.6 is 15.9 Å². The molecule has 2 aromatic carbocycles. The Labute approximate surface area is 119 Å². The first-order valence-electron chi connectivity index (χ1n) is 5.78. The van der Waals surface area contributed by atoms with E-state index in [1.165, 1.54) is 12.1 Å². The Kier molecular flexibility index (Phi) is 4.68. The van der Waals surface area contributed by atoms with Gasteiger partial charge in [0.15, 0.2) is 5.78 Å². The Morgan fingerprint density at radius 3 is 2.63 bits per heavy atom. The lowest BCUT2D eigenvalue weighted by molar-refractivity contribution is -0.120. The molecule has 0 aliphatic heterocycles. The molecule has 0 bridgehead atoms. The molecule has 2 aromatic rings. The van der Waals surface area contributed by atoms with E-state index in [4.69, 9.17) is 4.74 Å². The topological polar surface area (TPSA) is 26.3 Å². The minimum atomic E-state index is -0.395. The second-order valence-corrected chi connectivity index (χ2v) is 4.92. The van der Waals surface area contributed by atoms with Crippen molar-refractivity contribution in [3.05, 3.63) is 64.4 Å². The molecular weight excluding hydrogens is 311 g/mol. The van der Waals surface area contributed by atoms with Crippen molar-refractivity contribution in [3.8, 4) is 5.75 Å². The first-order chi connectivity index (χ1) is 9.15. The molecule has 0 amide bonds. The molecule has 0 aromatic heterocycles. The van der Waals surface area contributed by atoms with Gasteiger partial charge in [0.1, 0.15) is 18.2 Å². The molecule has 0 aliphatic carbocycles. The van der Waals surface area contributed by atoms with Crippen LogP contribution in [-0.4, -0.2) is 12.4 Å². The van der Waals surface area contributed by atoms with E-state index in [-0.39, 0.29) is 12.4 Å². The number of ether oxygens (including phenoxy) is 1. The monoisotopic (exact) mass is 322 g/mol. The summed E-state index contributed by atoms with van der Waals surface area (Å²) >= 11 is 3.24. The zero-order valence-electron chi connectivity index (χ0n) is 10.1. The summed E-state index contributed by atoms with van der Waals surface area (Å²) in [6, 6.07) is 13.6. The highest BCUT2D eigenvalue weighted by Crippen LogP contribution is 2.25. The molecule has 0 aliphatic rings. The number of benzene rings is 2. The Hall–Kier alpha value is -1.68. The molecule has 0 heterocycles. The highest BCUT2D eigenvalue weighted by Gasteiger charge is 2.07. The summed E-state index contributed by atoms with van der Waals surface area (Å²) in [5.74, 6) is -0.113. The largest absolute Gasteiger partial charge is 0.485 e. The van der Waals surface area contributed by atoms with Crippen molar-refractivity contribution in [1.82, 2.24) is 0 Å². The summed E-state index contributed by atoms with van der Waals surface area (Å²) < 4.78 is 19.0. The van der Waals surface area contributed by atoms with Gasteiger partial charge in [-0.15, -0.1) is 0 Å². The molecule has 0 fully saturated rings. The number of halogens is 2. The summed E-state index contributed by atoms with van der Waals surface area (Å²) in [6.45, 7) is -0.0725. The van der Waals surface area contributed by atoms with Gasteiger partial charge in [-0.1, -0.05) is 30.3 Å². The third-order valence-electron chi connectivity index (χ3n) is 2.53. The number of hydrogen-bond donors (Lipinski definition) is 0. The summed E-state index contributed by atoms with van der Waals surface area (Å²) in [6.07, 6.45) is 0.313. The molecule has 98 valence electrons. The van der Waals surface area contributed by atoms with Gasteiger partial charge in [0.25, 0.3) is 0 Å². The van der Waals surface area contributed by atoms with Crippen LogP contribution in [0.1, 0.15) is 5.56 Å². The number of Topliss-reactive ketones (excluding diaryl/α,β-unsaturated/α-hetero) is 1. The minimum Gasteiger partial charge on any atom is -0.485 e. The molecule has 0 spiro atoms. The van der Waals surface area contributed by atoms with Crippen LogP contribution in [0.25, 0.3) is 0 Å². The lowest BCUT2D eigenvalue weighted by Gasteiger charge is -2.07. The fraction of sp³-hybridized carbons (Fsp3) is 0.133. The standard InChI is InChI=1S/C15H12BrFO2/c16-14-7-6-12(17)9-15(14)19-10-13(18)8-11-4-2-1-3-5-11/h1-7,9H,8,10H2. The van der Waals surface area contributed by atoms with Gasteiger partial charge >= 0.3 is 0 Å². The van der Waals surface area contributed by atoms with Crippen LogP contribution in [-0.2, 0) is 11.2 Å². The highest BCUT2D eigenvalue weighted by atomic mass is 79.9. The second kappa shape index (κ2) is 6.48. The predicted octanol–water partition coefficient (Wildman–Crippen LogP) is 3.78. The number of rotatable bonds is 5. The van der Waals surface area contributed by atoms with Gasteiger partial charge in [-0.25, -0.2) is 4.39 Å². The van der Waals surface area contributed by atoms with Crippen molar-refractivity contribution in [2.45, 2.75) is 6.42 Å². The van der Waals surface area contributed by atoms with Gasteiger partial charge in [0.05, 0.1) is 4.47 Å². The molecule has 0 unspecified atom stereocenters. The van der Waals surface area contributed by atoms with Crippen LogP contribution in [0.2, 0.25) is 0 Å². The summed E-state index contributed by atoms with van der Waals surface area (Å²) in [4.78, 5) is 11.7. The molecule has 19 heavy (non-hydrogen) atoms. The minimum absolute atomic E-state index is 0.0534. The van der Waals surface area contributed by atoms with Crippen LogP contribution in [0, 0.1) is 5.82 Å². The summed E-state index contributed by atoms with van der Waals surface area (Å²) in [5, 5.41) is 0. The fourth-order valence-corrected chi connectivity index (χ4v) is 1.98. The van der Waals surface area contributed by atoms with Crippen molar-refractivity contribution < 1.29 is 13.9 Å². The van der Waals surface area contributed by atoms with Gasteiger partial charge < -0.3 is 4.74 Å². The van der Waals surface area contributed by atoms with Gasteiger partial charge in [0.2, 0.25) is 0 Å². The maximum Gasteiger partial charge on any atom is 0.174 e. The van der Waals surface area contributed by atoms with Crippen LogP contribution in [0.5, 0.6) is 5.75 Å². The average molecular weight is 323 g/mol. The van der Waals surface area contributed by atoms with E-state index in [0.29, 0.717) is 16.6 Å². The maximum atomic E-state index is 13.0. The quantitative estimate of drug-likeness (QED) is 0.837. The van der Waals surface area contributed by atoms with E-state index in [1.54, 1.807) is 6.07 Å². The summed E-state index contributed by atoms with van der Waals surface area (Å²) in [7, 11) is 0. The Morgan fingerprint density at radius 2 is 1.89 bits per heavy atom. The van der Waals surface area contributed by atoms with E-state index in [2.05, 4.69) is 15.9 Å². The first kappa shape index (κ1) is 13.7. The lowest BCUT2D eigenvalue weighted by atomic mass is 10.1. The van der Waals surface area contributed by atoms with Gasteiger partial charge in [-0.2, -0.15) is 0 Å². The number of carbonyl (C=O) groups excluding carboxylic acids is 1. The molecule has 0 radical (unpaired) electrons. The fourth-order valence-electron chi connectivity index (χ4n) is 1.62. The molecule has 2 rings (SSSR count). The zero-order valence-corrected chi connectivity index (χ0v) is 11.7. The summed E-state index contributed by atoms with van der Waals surface area (Å²) in [5.41, 5.74) is 0.939. The normalized spacial score (nSPS) is 10.2. The molecule has 0 atom stereocenters. The smallest absolute Gasteiger partial charge is 0.174 e. The Bertz CT molecular complexity index is 570. The third-order valence-corrected chi connectivity index (χ3v) is 3.18. The zero-order chi connectivity index (χ0) is 13.7. The molecule has 0 saturated heterocycles. The molecular formula is C15H12BrFO2. The van der Waals surface area contributed by atoms with Crippen molar-refractivity contribution in [2.24, 2.45) is 0 Å². The first-order valence-corrected chi connectivity index (χ1v) is 6.58.